The average molecular weight is 531 g/mol. The van der Waals surface area contributed by atoms with Gasteiger partial charge in [-0.1, -0.05) is 30.3 Å². The van der Waals surface area contributed by atoms with Gasteiger partial charge in [-0.05, 0) is 47.9 Å². The number of nitrogens with zero attached hydrogens (tertiary/aromatic N) is 2. The van der Waals surface area contributed by atoms with E-state index >= 15 is 0 Å². The number of methoxy groups -OCH3 is 3. The minimum Gasteiger partial charge on any atom is -0.507 e. The number of phenols is 1. The standard InChI is InChI=1S/C31H34N2O6/c1-20-14-24(34)23(19-33-12-10-32(11-13-33)18-21-8-6-5-7-9-21)30-28(20)29(35)25(39-30)15-22-16-26(36-2)31(38-4)27(17-22)37-3/h5-9,14-17,34H,10-13,18-19H2,1-4H3/b25-15-. The molecule has 8 nitrogen and oxygen atoms in total. The quantitative estimate of drug-likeness (QED) is 0.422. The fourth-order valence-electron chi connectivity index (χ4n) is 5.24. The number of aromatic hydroxyl groups is 1. The number of ether oxygens (including phenoxy) is 4. The first kappa shape index (κ1) is 26.6. The molecule has 39 heavy (non-hydrogen) atoms. The third kappa shape index (κ3) is 5.44. The molecule has 0 saturated carbocycles. The van der Waals surface area contributed by atoms with E-state index in [2.05, 4.69) is 34.1 Å². The summed E-state index contributed by atoms with van der Waals surface area (Å²) < 4.78 is 22.5. The van der Waals surface area contributed by atoms with Crippen LogP contribution in [0.25, 0.3) is 6.08 Å². The number of allylic oxidation sites excluding steroid dienone is 1. The molecule has 0 atom stereocenters. The Morgan fingerprint density at radius 1 is 0.897 bits per heavy atom. The molecule has 1 saturated heterocycles. The lowest BCUT2D eigenvalue weighted by Crippen LogP contribution is -2.45. The highest BCUT2D eigenvalue weighted by atomic mass is 16.5. The minimum absolute atomic E-state index is 0.139. The Morgan fingerprint density at radius 2 is 1.51 bits per heavy atom. The smallest absolute Gasteiger partial charge is 0.232 e. The van der Waals surface area contributed by atoms with Gasteiger partial charge in [0.2, 0.25) is 11.5 Å². The average Bonchev–Trinajstić information content (AvgIpc) is 3.27. The lowest BCUT2D eigenvalue weighted by molar-refractivity contribution is 0.101. The van der Waals surface area contributed by atoms with Crippen molar-refractivity contribution in [2.75, 3.05) is 47.5 Å². The number of hydrogen-bond donors (Lipinski definition) is 1. The maximum absolute atomic E-state index is 13.4. The third-order valence-electron chi connectivity index (χ3n) is 7.30. The zero-order valence-electron chi connectivity index (χ0n) is 22.8. The van der Waals surface area contributed by atoms with Gasteiger partial charge in [0.15, 0.2) is 17.3 Å². The van der Waals surface area contributed by atoms with Crippen LogP contribution < -0.4 is 18.9 Å². The Hall–Kier alpha value is -4.01. The highest BCUT2D eigenvalue weighted by Gasteiger charge is 2.34. The molecule has 0 aliphatic carbocycles. The summed E-state index contributed by atoms with van der Waals surface area (Å²) in [6.07, 6.45) is 1.66. The topological polar surface area (TPSA) is 80.7 Å². The number of Topliss-reactive ketones (excluding diaryl/α,β-unsaturated/α-hetero) is 1. The maximum atomic E-state index is 13.4. The van der Waals surface area contributed by atoms with Crippen molar-refractivity contribution in [2.24, 2.45) is 0 Å². The number of aryl methyl sites for hydroxylation is 1. The minimum atomic E-state index is -0.217. The fraction of sp³-hybridized carbons (Fsp3) is 0.323. The van der Waals surface area contributed by atoms with Gasteiger partial charge in [0, 0.05) is 39.3 Å². The van der Waals surface area contributed by atoms with Crippen LogP contribution in [-0.4, -0.2) is 68.2 Å². The number of benzene rings is 3. The van der Waals surface area contributed by atoms with Crippen molar-refractivity contribution in [1.82, 2.24) is 9.80 Å². The molecular formula is C31H34N2O6. The molecule has 5 rings (SSSR count). The first-order chi connectivity index (χ1) is 18.9. The van der Waals surface area contributed by atoms with E-state index in [1.807, 2.05) is 13.0 Å². The lowest BCUT2D eigenvalue weighted by atomic mass is 9.99. The summed E-state index contributed by atoms with van der Waals surface area (Å²) in [5.41, 5.74) is 3.77. The second-order valence-electron chi connectivity index (χ2n) is 9.83. The van der Waals surface area contributed by atoms with E-state index in [9.17, 15) is 9.90 Å². The second kappa shape index (κ2) is 11.4. The highest BCUT2D eigenvalue weighted by molar-refractivity contribution is 6.16. The Balaban J connectivity index is 1.36. The number of ketones is 1. The van der Waals surface area contributed by atoms with Crippen LogP contribution in [0.15, 0.2) is 54.3 Å². The van der Waals surface area contributed by atoms with Gasteiger partial charge in [0.05, 0.1) is 32.5 Å². The largest absolute Gasteiger partial charge is 0.507 e. The van der Waals surface area contributed by atoms with Gasteiger partial charge in [0.25, 0.3) is 0 Å². The predicted octanol–water partition coefficient (Wildman–Crippen LogP) is 4.66. The molecule has 2 aliphatic heterocycles. The van der Waals surface area contributed by atoms with Crippen molar-refractivity contribution in [2.45, 2.75) is 20.0 Å². The van der Waals surface area contributed by atoms with E-state index in [1.165, 1.54) is 5.56 Å². The molecule has 8 heteroatoms. The molecule has 3 aromatic rings. The molecule has 0 aromatic heterocycles. The number of carbonyl (C=O) groups excluding carboxylic acids is 1. The van der Waals surface area contributed by atoms with Crippen molar-refractivity contribution < 1.29 is 28.8 Å². The molecule has 1 fully saturated rings. The lowest BCUT2D eigenvalue weighted by Gasteiger charge is -2.35. The van der Waals surface area contributed by atoms with Crippen LogP contribution in [0.5, 0.6) is 28.7 Å². The third-order valence-corrected chi connectivity index (χ3v) is 7.30. The molecule has 0 unspecified atom stereocenters. The zero-order chi connectivity index (χ0) is 27.5. The molecule has 0 spiro atoms. The van der Waals surface area contributed by atoms with E-state index < -0.39 is 0 Å². The van der Waals surface area contributed by atoms with Gasteiger partial charge >= 0.3 is 0 Å². The zero-order valence-corrected chi connectivity index (χ0v) is 22.8. The number of phenolic OH excluding ortho intramolecular Hbond substituents is 1. The van der Waals surface area contributed by atoms with Crippen LogP contribution in [0.2, 0.25) is 0 Å². The van der Waals surface area contributed by atoms with Crippen LogP contribution in [0, 0.1) is 6.92 Å². The Bertz CT molecular complexity index is 1370. The Kier molecular flexibility index (Phi) is 7.77. The number of fused-ring (bicyclic) bond motifs is 1. The maximum Gasteiger partial charge on any atom is 0.232 e. The molecule has 2 aliphatic rings. The fourth-order valence-corrected chi connectivity index (χ4v) is 5.24. The van der Waals surface area contributed by atoms with E-state index in [0.29, 0.717) is 51.8 Å². The summed E-state index contributed by atoms with van der Waals surface area (Å²) in [5.74, 6) is 1.96. The van der Waals surface area contributed by atoms with Gasteiger partial charge in [-0.2, -0.15) is 0 Å². The Morgan fingerprint density at radius 3 is 2.10 bits per heavy atom. The summed E-state index contributed by atoms with van der Waals surface area (Å²) in [4.78, 5) is 18.2. The van der Waals surface area contributed by atoms with E-state index in [4.69, 9.17) is 18.9 Å². The van der Waals surface area contributed by atoms with Crippen LogP contribution in [0.3, 0.4) is 0 Å². The number of rotatable bonds is 8. The van der Waals surface area contributed by atoms with Gasteiger partial charge < -0.3 is 24.1 Å². The van der Waals surface area contributed by atoms with E-state index in [-0.39, 0.29) is 17.3 Å². The first-order valence-corrected chi connectivity index (χ1v) is 13.0. The highest BCUT2D eigenvalue weighted by Crippen LogP contribution is 2.43. The van der Waals surface area contributed by atoms with Gasteiger partial charge in [0.1, 0.15) is 11.5 Å². The van der Waals surface area contributed by atoms with Crippen LogP contribution >= 0.6 is 0 Å². The van der Waals surface area contributed by atoms with Crippen molar-refractivity contribution in [3.8, 4) is 28.7 Å². The molecular weight excluding hydrogens is 496 g/mol. The first-order valence-electron chi connectivity index (χ1n) is 13.0. The molecule has 0 amide bonds. The Labute approximate surface area is 229 Å². The molecule has 3 aromatic carbocycles. The summed E-state index contributed by atoms with van der Waals surface area (Å²) in [6.45, 7) is 6.80. The monoisotopic (exact) mass is 530 g/mol. The van der Waals surface area contributed by atoms with Crippen LogP contribution in [0.1, 0.15) is 32.6 Å². The van der Waals surface area contributed by atoms with Crippen molar-refractivity contribution >= 4 is 11.9 Å². The second-order valence-corrected chi connectivity index (χ2v) is 9.83. The van der Waals surface area contributed by atoms with Crippen molar-refractivity contribution in [1.29, 1.82) is 0 Å². The van der Waals surface area contributed by atoms with Crippen molar-refractivity contribution in [3.05, 3.63) is 82.1 Å². The molecule has 0 radical (unpaired) electrons. The molecule has 1 N–H and O–H groups in total. The predicted molar refractivity (Wildman–Crippen MR) is 149 cm³/mol. The van der Waals surface area contributed by atoms with Gasteiger partial charge in [-0.15, -0.1) is 0 Å². The van der Waals surface area contributed by atoms with Crippen molar-refractivity contribution in [3.63, 3.8) is 0 Å². The molecule has 2 heterocycles. The number of hydrogen-bond acceptors (Lipinski definition) is 8. The van der Waals surface area contributed by atoms with Gasteiger partial charge in [-0.25, -0.2) is 0 Å². The van der Waals surface area contributed by atoms with E-state index in [1.54, 1.807) is 45.6 Å². The molecule has 0 bridgehead atoms. The SMILES string of the molecule is COc1cc(/C=C2\Oc3c(CN4CCN(Cc5ccccc5)CC4)c(O)cc(C)c3C2=O)cc(OC)c1OC. The van der Waals surface area contributed by atoms with E-state index in [0.717, 1.165) is 32.7 Å². The van der Waals surface area contributed by atoms with Crippen LogP contribution in [-0.2, 0) is 13.1 Å². The summed E-state index contributed by atoms with van der Waals surface area (Å²) in [7, 11) is 4.63. The summed E-state index contributed by atoms with van der Waals surface area (Å²) in [5, 5.41) is 10.9. The van der Waals surface area contributed by atoms with Crippen LogP contribution in [0.4, 0.5) is 0 Å². The number of carbonyl (C=O) groups is 1. The summed E-state index contributed by atoms with van der Waals surface area (Å²) >= 11 is 0. The molecule has 204 valence electrons. The normalized spacial score (nSPS) is 16.7. The van der Waals surface area contributed by atoms with Gasteiger partial charge in [-0.3, -0.25) is 14.6 Å². The number of piperazine rings is 1. The summed E-state index contributed by atoms with van der Waals surface area (Å²) in [6, 6.07) is 15.6.